The predicted octanol–water partition coefficient (Wildman–Crippen LogP) is 3.76. The summed E-state index contributed by atoms with van der Waals surface area (Å²) in [6.45, 7) is 6.31. The predicted molar refractivity (Wildman–Crippen MR) is 112 cm³/mol. The molecule has 11 heteroatoms. The van der Waals surface area contributed by atoms with Gasteiger partial charge in [-0.15, -0.1) is 16.8 Å². The van der Waals surface area contributed by atoms with Crippen molar-refractivity contribution < 1.29 is 18.9 Å². The Morgan fingerprint density at radius 2 is 2.27 bits per heavy atom. The van der Waals surface area contributed by atoms with Crippen molar-refractivity contribution in [1.29, 1.82) is 0 Å². The lowest BCUT2D eigenvalue weighted by atomic mass is 10.2. The molecule has 1 amide bonds. The van der Waals surface area contributed by atoms with Crippen LogP contribution in [-0.2, 0) is 11.3 Å². The number of nitro benzene ring substituents is 1. The van der Waals surface area contributed by atoms with Gasteiger partial charge in [-0.3, -0.25) is 19.5 Å². The largest absolute Gasteiger partial charge is 0.494 e. The molecule has 2 aromatic heterocycles. The van der Waals surface area contributed by atoms with Crippen molar-refractivity contribution in [3.8, 4) is 17.3 Å². The fourth-order valence-electron chi connectivity index (χ4n) is 2.62. The summed E-state index contributed by atoms with van der Waals surface area (Å²) < 4.78 is 12.4. The van der Waals surface area contributed by atoms with Crippen LogP contribution in [0.3, 0.4) is 0 Å². The van der Waals surface area contributed by atoms with Crippen LogP contribution in [0, 0.1) is 10.1 Å². The van der Waals surface area contributed by atoms with Gasteiger partial charge in [-0.2, -0.15) is 0 Å². The highest BCUT2D eigenvalue weighted by Crippen LogP contribution is 2.30. The molecule has 2 heterocycles. The van der Waals surface area contributed by atoms with E-state index in [1.165, 1.54) is 18.4 Å². The number of hydrogen-bond acceptors (Lipinski definition) is 8. The maximum absolute atomic E-state index is 12.4. The van der Waals surface area contributed by atoms with E-state index in [-0.39, 0.29) is 17.1 Å². The second kappa shape index (κ2) is 9.74. The van der Waals surface area contributed by atoms with Gasteiger partial charge in [0, 0.05) is 6.54 Å². The molecule has 0 aliphatic heterocycles. The SMILES string of the molecule is C=CCn1c(SCC(=O)Nc2ccc(OCC)cc2[N+](=O)[O-])nnc1-c1ccco1. The van der Waals surface area contributed by atoms with Gasteiger partial charge in [-0.25, -0.2) is 0 Å². The second-order valence-corrected chi connectivity index (χ2v) is 6.83. The molecule has 0 saturated carbocycles. The second-order valence-electron chi connectivity index (χ2n) is 5.89. The Morgan fingerprint density at radius 1 is 1.43 bits per heavy atom. The Hall–Kier alpha value is -3.60. The Bertz CT molecular complexity index is 1050. The number of nitro groups is 1. The van der Waals surface area contributed by atoms with Crippen LogP contribution < -0.4 is 10.1 Å². The van der Waals surface area contributed by atoms with E-state index in [2.05, 4.69) is 22.1 Å². The molecule has 0 atom stereocenters. The van der Waals surface area contributed by atoms with E-state index in [1.54, 1.807) is 35.8 Å². The van der Waals surface area contributed by atoms with Gasteiger partial charge in [-0.1, -0.05) is 17.8 Å². The number of hydrogen-bond donors (Lipinski definition) is 1. The number of rotatable bonds is 10. The lowest BCUT2D eigenvalue weighted by Crippen LogP contribution is -2.15. The monoisotopic (exact) mass is 429 g/mol. The number of anilines is 1. The molecule has 0 aliphatic carbocycles. The number of carbonyl (C=O) groups is 1. The molecule has 1 N–H and O–H groups in total. The van der Waals surface area contributed by atoms with Gasteiger partial charge >= 0.3 is 0 Å². The molecule has 0 bridgehead atoms. The fraction of sp³-hybridized carbons (Fsp3) is 0.211. The number of thioether (sulfide) groups is 1. The van der Waals surface area contributed by atoms with Crippen LogP contribution in [0.15, 0.2) is 58.8 Å². The summed E-state index contributed by atoms with van der Waals surface area (Å²) in [7, 11) is 0. The summed E-state index contributed by atoms with van der Waals surface area (Å²) in [5, 5.41) is 22.6. The van der Waals surface area contributed by atoms with Crippen molar-refractivity contribution in [3.05, 3.63) is 59.4 Å². The lowest BCUT2D eigenvalue weighted by molar-refractivity contribution is -0.384. The number of amides is 1. The van der Waals surface area contributed by atoms with E-state index in [1.807, 2.05) is 0 Å². The summed E-state index contributed by atoms with van der Waals surface area (Å²) in [4.78, 5) is 23.2. The molecule has 3 rings (SSSR count). The molecular formula is C19H19N5O5S. The number of nitrogens with zero attached hydrogens (tertiary/aromatic N) is 4. The highest BCUT2D eigenvalue weighted by molar-refractivity contribution is 7.99. The average Bonchev–Trinajstić information content (AvgIpc) is 3.38. The molecule has 0 saturated heterocycles. The molecule has 0 fully saturated rings. The minimum atomic E-state index is -0.568. The molecule has 10 nitrogen and oxygen atoms in total. The van der Waals surface area contributed by atoms with Gasteiger partial charge < -0.3 is 14.5 Å². The molecule has 0 unspecified atom stereocenters. The van der Waals surface area contributed by atoms with Crippen molar-refractivity contribution in [3.63, 3.8) is 0 Å². The smallest absolute Gasteiger partial charge is 0.296 e. The van der Waals surface area contributed by atoms with Crippen molar-refractivity contribution in [1.82, 2.24) is 14.8 Å². The standard InChI is InChI=1S/C19H19N5O5S/c1-3-9-23-18(16-6-5-10-29-16)21-22-19(23)30-12-17(25)20-14-8-7-13(28-4-2)11-15(14)24(26)27/h3,5-8,10-11H,1,4,9,12H2,2H3,(H,20,25). The molecule has 3 aromatic rings. The van der Waals surface area contributed by atoms with Crippen molar-refractivity contribution in [2.45, 2.75) is 18.6 Å². The van der Waals surface area contributed by atoms with Crippen LogP contribution >= 0.6 is 11.8 Å². The maximum Gasteiger partial charge on any atom is 0.296 e. The van der Waals surface area contributed by atoms with Crippen LogP contribution in [0.5, 0.6) is 5.75 Å². The molecule has 0 spiro atoms. The van der Waals surface area contributed by atoms with Crippen LogP contribution in [0.25, 0.3) is 11.6 Å². The zero-order valence-corrected chi connectivity index (χ0v) is 16.9. The molecule has 0 aliphatic rings. The third-order valence-corrected chi connectivity index (χ3v) is 4.82. The zero-order chi connectivity index (χ0) is 21.5. The van der Waals surface area contributed by atoms with Crippen LogP contribution in [-0.4, -0.2) is 38.0 Å². The first kappa shape index (κ1) is 21.1. The first-order valence-electron chi connectivity index (χ1n) is 8.95. The molecule has 156 valence electrons. The first-order chi connectivity index (χ1) is 14.5. The Kier molecular flexibility index (Phi) is 6.86. The Balaban J connectivity index is 1.71. The van der Waals surface area contributed by atoms with Gasteiger partial charge in [0.15, 0.2) is 10.9 Å². The summed E-state index contributed by atoms with van der Waals surface area (Å²) >= 11 is 1.15. The zero-order valence-electron chi connectivity index (χ0n) is 16.1. The molecule has 30 heavy (non-hydrogen) atoms. The number of ether oxygens (including phenoxy) is 1. The third kappa shape index (κ3) is 4.87. The molecular weight excluding hydrogens is 410 g/mol. The van der Waals surface area contributed by atoms with Gasteiger partial charge in [-0.05, 0) is 31.2 Å². The minimum Gasteiger partial charge on any atom is -0.494 e. The normalized spacial score (nSPS) is 10.6. The Morgan fingerprint density at radius 3 is 2.93 bits per heavy atom. The number of allylic oxidation sites excluding steroid dienone is 1. The lowest BCUT2D eigenvalue weighted by Gasteiger charge is -2.09. The number of benzene rings is 1. The summed E-state index contributed by atoms with van der Waals surface area (Å²) in [6.07, 6.45) is 3.22. The summed E-state index contributed by atoms with van der Waals surface area (Å²) in [5.74, 6) is 0.993. The first-order valence-corrected chi connectivity index (χ1v) is 9.94. The Labute approximate surface area is 176 Å². The number of furan rings is 1. The highest BCUT2D eigenvalue weighted by atomic mass is 32.2. The van der Waals surface area contributed by atoms with E-state index >= 15 is 0 Å². The van der Waals surface area contributed by atoms with E-state index in [4.69, 9.17) is 9.15 Å². The topological polar surface area (TPSA) is 125 Å². The van der Waals surface area contributed by atoms with E-state index < -0.39 is 10.8 Å². The van der Waals surface area contributed by atoms with E-state index in [9.17, 15) is 14.9 Å². The highest BCUT2D eigenvalue weighted by Gasteiger charge is 2.19. The van der Waals surface area contributed by atoms with Gasteiger partial charge in [0.1, 0.15) is 11.4 Å². The summed E-state index contributed by atoms with van der Waals surface area (Å²) in [6, 6.07) is 7.79. The van der Waals surface area contributed by atoms with E-state index in [0.29, 0.717) is 35.6 Å². The van der Waals surface area contributed by atoms with Crippen LogP contribution in [0.2, 0.25) is 0 Å². The van der Waals surface area contributed by atoms with E-state index in [0.717, 1.165) is 11.8 Å². The number of nitrogens with one attached hydrogen (secondary N) is 1. The van der Waals surface area contributed by atoms with Gasteiger partial charge in [0.25, 0.3) is 5.69 Å². The van der Waals surface area contributed by atoms with Crippen molar-refractivity contribution in [2.75, 3.05) is 17.7 Å². The van der Waals surface area contributed by atoms with Crippen molar-refractivity contribution in [2.24, 2.45) is 0 Å². The van der Waals surface area contributed by atoms with Crippen molar-refractivity contribution >= 4 is 29.0 Å². The van der Waals surface area contributed by atoms with Crippen LogP contribution in [0.1, 0.15) is 6.92 Å². The fourth-order valence-corrected chi connectivity index (χ4v) is 3.37. The quantitative estimate of drug-likeness (QED) is 0.223. The van der Waals surface area contributed by atoms with Gasteiger partial charge in [0.05, 0.1) is 29.6 Å². The van der Waals surface area contributed by atoms with Crippen LogP contribution in [0.4, 0.5) is 11.4 Å². The third-order valence-electron chi connectivity index (χ3n) is 3.85. The molecule has 0 radical (unpaired) electrons. The number of aromatic nitrogens is 3. The van der Waals surface area contributed by atoms with Gasteiger partial charge in [0.2, 0.25) is 11.7 Å². The molecule has 1 aromatic carbocycles. The number of carbonyl (C=O) groups excluding carboxylic acids is 1. The summed E-state index contributed by atoms with van der Waals surface area (Å²) in [5.41, 5.74) is -0.146. The minimum absolute atomic E-state index is 0.0161. The average molecular weight is 429 g/mol. The maximum atomic E-state index is 12.4.